The second-order valence-electron chi connectivity index (χ2n) is 4.10. The number of nitrogens with zero attached hydrogens (tertiary/aromatic N) is 1. The van der Waals surface area contributed by atoms with Crippen LogP contribution in [-0.2, 0) is 6.42 Å². The third kappa shape index (κ3) is 3.17. The van der Waals surface area contributed by atoms with E-state index in [1.807, 2.05) is 24.4 Å². The third-order valence-electron chi connectivity index (χ3n) is 2.62. The quantitative estimate of drug-likeness (QED) is 0.736. The molecule has 0 saturated carbocycles. The van der Waals surface area contributed by atoms with Crippen molar-refractivity contribution in [2.45, 2.75) is 6.42 Å². The molecule has 0 aliphatic rings. The van der Waals surface area contributed by atoms with E-state index in [0.29, 0.717) is 0 Å². The lowest BCUT2D eigenvalue weighted by molar-refractivity contribution is 1.09. The van der Waals surface area contributed by atoms with Crippen LogP contribution in [0.4, 0.5) is 0 Å². The van der Waals surface area contributed by atoms with Gasteiger partial charge in [-0.25, -0.2) is 0 Å². The maximum absolute atomic E-state index is 4.45. The highest BCUT2D eigenvalue weighted by molar-refractivity contribution is 9.10. The Balaban J connectivity index is 2.25. The third-order valence-corrected chi connectivity index (χ3v) is 3.11. The lowest BCUT2D eigenvalue weighted by Gasteiger charge is -2.03. The number of fused-ring (bicyclic) bond motifs is 1. The number of hydrogen-bond acceptors (Lipinski definition) is 1. The maximum atomic E-state index is 4.45. The summed E-state index contributed by atoms with van der Waals surface area (Å²) in [6.45, 7) is 7.64. The molecule has 1 aromatic heterocycles. The molecule has 0 spiro atoms. The summed E-state index contributed by atoms with van der Waals surface area (Å²) in [4.78, 5) is 4.45. The summed E-state index contributed by atoms with van der Waals surface area (Å²) in [6, 6.07) is 8.30. The van der Waals surface area contributed by atoms with Gasteiger partial charge in [-0.3, -0.25) is 4.98 Å². The minimum Gasteiger partial charge on any atom is -0.260 e. The Morgan fingerprint density at radius 2 is 2.11 bits per heavy atom. The molecule has 2 rings (SSSR count). The van der Waals surface area contributed by atoms with Gasteiger partial charge in [-0.15, -0.1) is 0 Å². The molecule has 2 heteroatoms. The summed E-state index contributed by atoms with van der Waals surface area (Å²) in [5, 5.41) is 2.34. The van der Waals surface area contributed by atoms with Crippen LogP contribution in [0.25, 0.3) is 10.8 Å². The summed E-state index contributed by atoms with van der Waals surface area (Å²) in [5.74, 6) is 0. The van der Waals surface area contributed by atoms with Gasteiger partial charge < -0.3 is 0 Å². The van der Waals surface area contributed by atoms with E-state index >= 15 is 0 Å². The van der Waals surface area contributed by atoms with Crippen LogP contribution in [0.5, 0.6) is 0 Å². The molecule has 1 heterocycles. The minimum atomic E-state index is 0.760. The zero-order chi connectivity index (χ0) is 13.0. The van der Waals surface area contributed by atoms with Crippen LogP contribution in [0.1, 0.15) is 5.69 Å². The van der Waals surface area contributed by atoms with Gasteiger partial charge in [0.15, 0.2) is 0 Å². The van der Waals surface area contributed by atoms with Gasteiger partial charge in [0.25, 0.3) is 0 Å². The second-order valence-corrected chi connectivity index (χ2v) is 5.01. The van der Waals surface area contributed by atoms with Crippen LogP contribution < -0.4 is 0 Å². The minimum absolute atomic E-state index is 0.760. The Kier molecular flexibility index (Phi) is 4.11. The Hall–Kier alpha value is -1.67. The SMILES string of the molecule is C=C/C=C\C(=C)Cc1cc2ccc(Br)cc2cn1. The summed E-state index contributed by atoms with van der Waals surface area (Å²) in [6.07, 6.45) is 8.26. The number of allylic oxidation sites excluding steroid dienone is 4. The standard InChI is InChI=1S/C16H14BrN/c1-3-4-5-12(2)8-16-10-13-6-7-15(17)9-14(13)11-18-16/h3-7,9-11H,1-2,8H2/b5-4-. The van der Waals surface area contributed by atoms with Crippen molar-refractivity contribution in [3.05, 3.63) is 77.6 Å². The van der Waals surface area contributed by atoms with Crippen molar-refractivity contribution in [2.75, 3.05) is 0 Å². The highest BCUT2D eigenvalue weighted by Gasteiger charge is 2.00. The van der Waals surface area contributed by atoms with E-state index in [4.69, 9.17) is 0 Å². The Labute approximate surface area is 116 Å². The molecule has 0 amide bonds. The predicted molar refractivity (Wildman–Crippen MR) is 81.6 cm³/mol. The van der Waals surface area contributed by atoms with Crippen LogP contribution in [0.15, 0.2) is 71.9 Å². The Morgan fingerprint density at radius 1 is 1.28 bits per heavy atom. The molecule has 0 aliphatic carbocycles. The molecule has 0 unspecified atom stereocenters. The molecule has 0 atom stereocenters. The van der Waals surface area contributed by atoms with E-state index in [9.17, 15) is 0 Å². The van der Waals surface area contributed by atoms with Crippen molar-refractivity contribution >= 4 is 26.7 Å². The first-order valence-electron chi connectivity index (χ1n) is 5.70. The van der Waals surface area contributed by atoms with E-state index in [-0.39, 0.29) is 0 Å². The predicted octanol–water partition coefficient (Wildman–Crippen LogP) is 4.84. The zero-order valence-corrected chi connectivity index (χ0v) is 11.7. The number of rotatable bonds is 4. The first-order chi connectivity index (χ1) is 8.69. The lowest BCUT2D eigenvalue weighted by atomic mass is 10.1. The molecular formula is C16H14BrN. The van der Waals surface area contributed by atoms with E-state index < -0.39 is 0 Å². The monoisotopic (exact) mass is 299 g/mol. The molecule has 0 N–H and O–H groups in total. The summed E-state index contributed by atoms with van der Waals surface area (Å²) < 4.78 is 1.07. The van der Waals surface area contributed by atoms with Crippen LogP contribution >= 0.6 is 15.9 Å². The van der Waals surface area contributed by atoms with E-state index in [1.54, 1.807) is 6.08 Å². The molecule has 1 nitrogen and oxygen atoms in total. The summed E-state index contributed by atoms with van der Waals surface area (Å²) in [5.41, 5.74) is 2.06. The van der Waals surface area contributed by atoms with E-state index in [2.05, 4.69) is 52.3 Å². The van der Waals surface area contributed by atoms with Gasteiger partial charge >= 0.3 is 0 Å². The fraction of sp³-hybridized carbons (Fsp3) is 0.0625. The molecule has 18 heavy (non-hydrogen) atoms. The van der Waals surface area contributed by atoms with Crippen LogP contribution in [0.2, 0.25) is 0 Å². The molecule has 1 aromatic carbocycles. The van der Waals surface area contributed by atoms with Gasteiger partial charge in [-0.2, -0.15) is 0 Å². The summed E-state index contributed by atoms with van der Waals surface area (Å²) >= 11 is 3.46. The highest BCUT2D eigenvalue weighted by atomic mass is 79.9. The molecule has 0 radical (unpaired) electrons. The molecule has 0 aliphatic heterocycles. The van der Waals surface area contributed by atoms with Crippen LogP contribution in [-0.4, -0.2) is 4.98 Å². The maximum Gasteiger partial charge on any atom is 0.0453 e. The van der Waals surface area contributed by atoms with Crippen molar-refractivity contribution in [1.29, 1.82) is 0 Å². The molecule has 2 aromatic rings. The van der Waals surface area contributed by atoms with Crippen molar-refractivity contribution in [2.24, 2.45) is 0 Å². The average molecular weight is 300 g/mol. The average Bonchev–Trinajstić information content (AvgIpc) is 2.36. The van der Waals surface area contributed by atoms with Gasteiger partial charge in [0.2, 0.25) is 0 Å². The van der Waals surface area contributed by atoms with Gasteiger partial charge in [0.05, 0.1) is 0 Å². The number of halogens is 1. The lowest BCUT2D eigenvalue weighted by Crippen LogP contribution is -1.91. The molecule has 90 valence electrons. The normalized spacial score (nSPS) is 10.9. The fourth-order valence-corrected chi connectivity index (χ4v) is 2.13. The van der Waals surface area contributed by atoms with Gasteiger partial charge in [0, 0.05) is 28.2 Å². The zero-order valence-electron chi connectivity index (χ0n) is 10.1. The smallest absolute Gasteiger partial charge is 0.0453 e. The van der Waals surface area contributed by atoms with Crippen LogP contribution in [0.3, 0.4) is 0 Å². The molecular weight excluding hydrogens is 286 g/mol. The number of aromatic nitrogens is 1. The second kappa shape index (κ2) is 5.78. The molecule has 0 saturated heterocycles. The summed E-state index contributed by atoms with van der Waals surface area (Å²) in [7, 11) is 0. The van der Waals surface area contributed by atoms with Gasteiger partial charge in [-0.05, 0) is 29.2 Å². The van der Waals surface area contributed by atoms with Crippen molar-refractivity contribution in [1.82, 2.24) is 4.98 Å². The Bertz CT molecular complexity index is 626. The topological polar surface area (TPSA) is 12.9 Å². The van der Waals surface area contributed by atoms with E-state index in [0.717, 1.165) is 27.5 Å². The first-order valence-corrected chi connectivity index (χ1v) is 6.49. The van der Waals surface area contributed by atoms with Crippen molar-refractivity contribution in [3.63, 3.8) is 0 Å². The highest BCUT2D eigenvalue weighted by Crippen LogP contribution is 2.20. The fourth-order valence-electron chi connectivity index (χ4n) is 1.75. The van der Waals surface area contributed by atoms with Crippen LogP contribution in [0, 0.1) is 0 Å². The first kappa shape index (κ1) is 12.8. The van der Waals surface area contributed by atoms with Gasteiger partial charge in [0.1, 0.15) is 0 Å². The molecule has 0 bridgehead atoms. The largest absolute Gasteiger partial charge is 0.260 e. The van der Waals surface area contributed by atoms with E-state index in [1.165, 1.54) is 5.39 Å². The number of benzene rings is 1. The Morgan fingerprint density at radius 3 is 2.89 bits per heavy atom. The van der Waals surface area contributed by atoms with Gasteiger partial charge in [-0.1, -0.05) is 53.4 Å². The number of pyridine rings is 1. The molecule has 0 fully saturated rings. The van der Waals surface area contributed by atoms with Crippen molar-refractivity contribution < 1.29 is 0 Å². The number of hydrogen-bond donors (Lipinski definition) is 0. The van der Waals surface area contributed by atoms with Crippen molar-refractivity contribution in [3.8, 4) is 0 Å².